The Balaban J connectivity index is 3.75. The van der Waals surface area contributed by atoms with E-state index in [1.807, 2.05) is 0 Å². The van der Waals surface area contributed by atoms with Gasteiger partial charge in [-0.2, -0.15) is 0 Å². The molecule has 0 aromatic carbocycles. The predicted molar refractivity (Wildman–Crippen MR) is 52.0 cm³/mol. The Kier molecular flexibility index (Phi) is 7.45. The lowest BCUT2D eigenvalue weighted by Crippen LogP contribution is -2.43. The van der Waals surface area contributed by atoms with Gasteiger partial charge < -0.3 is 16.2 Å². The molecule has 0 aliphatic carbocycles. The highest BCUT2D eigenvalue weighted by molar-refractivity contribution is 4.75. The van der Waals surface area contributed by atoms with Crippen LogP contribution < -0.4 is 11.1 Å². The molecule has 0 aromatic rings. The van der Waals surface area contributed by atoms with Crippen molar-refractivity contribution in [3.8, 4) is 0 Å². The lowest BCUT2D eigenvalue weighted by atomic mass is 9.94. The first-order chi connectivity index (χ1) is 5.79. The standard InChI is InChI=1S/C9H22N2O/c1-3-8(4-2)9(7-10)11-5-6-12/h8-9,11-12H,3-7,10H2,1-2H3. The van der Waals surface area contributed by atoms with Crippen LogP contribution in [0.3, 0.4) is 0 Å². The van der Waals surface area contributed by atoms with E-state index in [1.54, 1.807) is 0 Å². The molecule has 0 amide bonds. The smallest absolute Gasteiger partial charge is 0.0556 e. The van der Waals surface area contributed by atoms with Crippen LogP contribution in [0.5, 0.6) is 0 Å². The van der Waals surface area contributed by atoms with Crippen molar-refractivity contribution in [2.45, 2.75) is 32.7 Å². The molecular weight excluding hydrogens is 152 g/mol. The normalized spacial score (nSPS) is 13.8. The summed E-state index contributed by atoms with van der Waals surface area (Å²) in [5, 5.41) is 11.9. The molecule has 0 heterocycles. The van der Waals surface area contributed by atoms with Crippen molar-refractivity contribution in [1.82, 2.24) is 5.32 Å². The fourth-order valence-electron chi connectivity index (χ4n) is 1.55. The van der Waals surface area contributed by atoms with Crippen molar-refractivity contribution < 1.29 is 5.11 Å². The van der Waals surface area contributed by atoms with Crippen molar-refractivity contribution in [3.05, 3.63) is 0 Å². The number of nitrogens with one attached hydrogen (secondary N) is 1. The molecule has 3 heteroatoms. The van der Waals surface area contributed by atoms with Gasteiger partial charge in [0.2, 0.25) is 0 Å². The number of hydrogen-bond acceptors (Lipinski definition) is 3. The molecule has 1 unspecified atom stereocenters. The van der Waals surface area contributed by atoms with Gasteiger partial charge in [0.25, 0.3) is 0 Å². The first-order valence-corrected chi connectivity index (χ1v) is 4.84. The van der Waals surface area contributed by atoms with Crippen LogP contribution in [-0.4, -0.2) is 30.8 Å². The lowest BCUT2D eigenvalue weighted by Gasteiger charge is -2.24. The summed E-state index contributed by atoms with van der Waals surface area (Å²) >= 11 is 0. The average Bonchev–Trinajstić information content (AvgIpc) is 2.12. The van der Waals surface area contributed by atoms with Gasteiger partial charge in [0.1, 0.15) is 0 Å². The van der Waals surface area contributed by atoms with Crippen molar-refractivity contribution in [2.24, 2.45) is 11.7 Å². The van der Waals surface area contributed by atoms with Crippen LogP contribution in [-0.2, 0) is 0 Å². The van der Waals surface area contributed by atoms with Gasteiger partial charge in [0.05, 0.1) is 6.61 Å². The molecule has 4 N–H and O–H groups in total. The third kappa shape index (κ3) is 4.04. The van der Waals surface area contributed by atoms with E-state index in [2.05, 4.69) is 19.2 Å². The second-order valence-corrected chi connectivity index (χ2v) is 3.10. The minimum absolute atomic E-state index is 0.191. The molecule has 0 bridgehead atoms. The number of aliphatic hydroxyl groups is 1. The number of hydrogen-bond donors (Lipinski definition) is 3. The fraction of sp³-hybridized carbons (Fsp3) is 1.00. The van der Waals surface area contributed by atoms with Gasteiger partial charge in [-0.1, -0.05) is 26.7 Å². The summed E-state index contributed by atoms with van der Waals surface area (Å²) in [5.41, 5.74) is 5.62. The molecule has 0 aliphatic heterocycles. The van der Waals surface area contributed by atoms with E-state index in [-0.39, 0.29) is 6.61 Å². The Labute approximate surface area is 75.3 Å². The first-order valence-electron chi connectivity index (χ1n) is 4.84. The maximum Gasteiger partial charge on any atom is 0.0556 e. The summed E-state index contributed by atoms with van der Waals surface area (Å²) in [5.74, 6) is 0.640. The topological polar surface area (TPSA) is 58.3 Å². The number of rotatable bonds is 7. The summed E-state index contributed by atoms with van der Waals surface area (Å²) < 4.78 is 0. The summed E-state index contributed by atoms with van der Waals surface area (Å²) in [6.07, 6.45) is 2.30. The lowest BCUT2D eigenvalue weighted by molar-refractivity contribution is 0.263. The molecule has 1 atom stereocenters. The summed E-state index contributed by atoms with van der Waals surface area (Å²) in [4.78, 5) is 0. The Bertz CT molecular complexity index is 94.5. The maximum absolute atomic E-state index is 8.63. The van der Waals surface area contributed by atoms with Gasteiger partial charge in [0.15, 0.2) is 0 Å². The highest BCUT2D eigenvalue weighted by Crippen LogP contribution is 2.11. The van der Waals surface area contributed by atoms with Crippen LogP contribution in [0.15, 0.2) is 0 Å². The van der Waals surface area contributed by atoms with Crippen LogP contribution in [0.2, 0.25) is 0 Å². The maximum atomic E-state index is 8.63. The van der Waals surface area contributed by atoms with Crippen LogP contribution in [0.1, 0.15) is 26.7 Å². The third-order valence-electron chi connectivity index (χ3n) is 2.39. The Hall–Kier alpha value is -0.120. The van der Waals surface area contributed by atoms with Crippen LogP contribution in [0.4, 0.5) is 0 Å². The summed E-state index contributed by atoms with van der Waals surface area (Å²) in [7, 11) is 0. The van der Waals surface area contributed by atoms with Gasteiger partial charge in [-0.3, -0.25) is 0 Å². The molecule has 0 fully saturated rings. The summed E-state index contributed by atoms with van der Waals surface area (Å²) in [6.45, 7) is 5.86. The van der Waals surface area contributed by atoms with E-state index in [0.29, 0.717) is 25.0 Å². The van der Waals surface area contributed by atoms with Crippen molar-refractivity contribution in [1.29, 1.82) is 0 Å². The molecule has 0 radical (unpaired) electrons. The van der Waals surface area contributed by atoms with Crippen LogP contribution in [0, 0.1) is 5.92 Å². The first kappa shape index (κ1) is 11.9. The second kappa shape index (κ2) is 7.53. The highest BCUT2D eigenvalue weighted by Gasteiger charge is 2.15. The minimum Gasteiger partial charge on any atom is -0.395 e. The van der Waals surface area contributed by atoms with Crippen LogP contribution in [0.25, 0.3) is 0 Å². The zero-order valence-corrected chi connectivity index (χ0v) is 8.21. The van der Waals surface area contributed by atoms with Crippen molar-refractivity contribution in [3.63, 3.8) is 0 Å². The molecule has 0 saturated carbocycles. The van der Waals surface area contributed by atoms with Crippen molar-refractivity contribution >= 4 is 0 Å². The molecule has 0 spiro atoms. The van der Waals surface area contributed by atoms with Gasteiger partial charge in [-0.05, 0) is 5.92 Å². The zero-order valence-electron chi connectivity index (χ0n) is 8.21. The summed E-state index contributed by atoms with van der Waals surface area (Å²) in [6, 6.07) is 0.368. The monoisotopic (exact) mass is 174 g/mol. The largest absolute Gasteiger partial charge is 0.395 e. The predicted octanol–water partition coefficient (Wildman–Crippen LogP) is 0.332. The third-order valence-corrected chi connectivity index (χ3v) is 2.39. The van der Waals surface area contributed by atoms with E-state index < -0.39 is 0 Å². The van der Waals surface area contributed by atoms with E-state index in [0.717, 1.165) is 12.8 Å². The van der Waals surface area contributed by atoms with E-state index in [9.17, 15) is 0 Å². The molecule has 0 aromatic heterocycles. The van der Waals surface area contributed by atoms with E-state index in [1.165, 1.54) is 0 Å². The molecule has 0 rings (SSSR count). The van der Waals surface area contributed by atoms with Crippen LogP contribution >= 0.6 is 0 Å². The molecule has 12 heavy (non-hydrogen) atoms. The Morgan fingerprint density at radius 2 is 1.92 bits per heavy atom. The minimum atomic E-state index is 0.191. The SMILES string of the molecule is CCC(CC)C(CN)NCCO. The van der Waals surface area contributed by atoms with E-state index >= 15 is 0 Å². The van der Waals surface area contributed by atoms with Gasteiger partial charge >= 0.3 is 0 Å². The number of aliphatic hydroxyl groups excluding tert-OH is 1. The van der Waals surface area contributed by atoms with Gasteiger partial charge in [-0.15, -0.1) is 0 Å². The zero-order chi connectivity index (χ0) is 9.40. The highest BCUT2D eigenvalue weighted by atomic mass is 16.3. The molecule has 0 aliphatic rings. The van der Waals surface area contributed by atoms with Gasteiger partial charge in [-0.25, -0.2) is 0 Å². The fourth-order valence-corrected chi connectivity index (χ4v) is 1.55. The average molecular weight is 174 g/mol. The van der Waals surface area contributed by atoms with Gasteiger partial charge in [0, 0.05) is 19.1 Å². The molecule has 3 nitrogen and oxygen atoms in total. The van der Waals surface area contributed by atoms with E-state index in [4.69, 9.17) is 10.8 Å². The Morgan fingerprint density at radius 1 is 1.33 bits per heavy atom. The number of nitrogens with two attached hydrogens (primary N) is 1. The second-order valence-electron chi connectivity index (χ2n) is 3.10. The molecule has 74 valence electrons. The quantitative estimate of drug-likeness (QED) is 0.521. The Morgan fingerprint density at radius 3 is 2.25 bits per heavy atom. The van der Waals surface area contributed by atoms with Crippen molar-refractivity contribution in [2.75, 3.05) is 19.7 Å². The molecular formula is C9H22N2O. The molecule has 0 saturated heterocycles.